The molecule has 0 aromatic heterocycles. The Bertz CT molecular complexity index is 1150. The van der Waals surface area contributed by atoms with E-state index in [1.54, 1.807) is 31.2 Å². The van der Waals surface area contributed by atoms with Crippen LogP contribution in [-0.4, -0.2) is 30.9 Å². The summed E-state index contributed by atoms with van der Waals surface area (Å²) in [4.78, 5) is 39.0. The number of esters is 1. The molecule has 1 N–H and O–H groups in total. The van der Waals surface area contributed by atoms with Crippen LogP contribution in [0.3, 0.4) is 0 Å². The molecule has 0 unspecified atom stereocenters. The van der Waals surface area contributed by atoms with Crippen molar-refractivity contribution in [3.05, 3.63) is 71.3 Å². The summed E-state index contributed by atoms with van der Waals surface area (Å²) in [5.41, 5.74) is 3.02. The van der Waals surface area contributed by atoms with Crippen LogP contribution in [-0.2, 0) is 9.53 Å². The maximum absolute atomic E-state index is 12.8. The number of amides is 2. The van der Waals surface area contributed by atoms with E-state index < -0.39 is 5.97 Å². The van der Waals surface area contributed by atoms with Crippen molar-refractivity contribution in [1.29, 1.82) is 0 Å². The van der Waals surface area contributed by atoms with Gasteiger partial charge in [0, 0.05) is 16.6 Å². The highest BCUT2D eigenvalue weighted by Crippen LogP contribution is 2.37. The van der Waals surface area contributed by atoms with Crippen LogP contribution < -0.4 is 10.2 Å². The first-order valence-electron chi connectivity index (χ1n) is 9.41. The number of benzene rings is 3. The number of aryl methyl sites for hydroxylation is 1. The third kappa shape index (κ3) is 3.33. The molecule has 3 aromatic rings. The summed E-state index contributed by atoms with van der Waals surface area (Å²) in [6.45, 7) is 3.73. The molecule has 4 rings (SSSR count). The Morgan fingerprint density at radius 2 is 1.83 bits per heavy atom. The van der Waals surface area contributed by atoms with Crippen LogP contribution in [0.2, 0.25) is 0 Å². The van der Waals surface area contributed by atoms with Crippen LogP contribution in [0.25, 0.3) is 10.8 Å². The summed E-state index contributed by atoms with van der Waals surface area (Å²) in [6.07, 6.45) is 0. The summed E-state index contributed by atoms with van der Waals surface area (Å²) in [5, 5.41) is 4.65. The van der Waals surface area contributed by atoms with Crippen molar-refractivity contribution >= 4 is 39.9 Å². The molecule has 1 aliphatic rings. The normalized spacial score (nSPS) is 12.3. The second-order valence-electron chi connectivity index (χ2n) is 6.87. The van der Waals surface area contributed by atoms with Gasteiger partial charge in [0.2, 0.25) is 5.91 Å². The molecule has 1 heterocycles. The van der Waals surface area contributed by atoms with Gasteiger partial charge >= 0.3 is 5.97 Å². The van der Waals surface area contributed by atoms with Gasteiger partial charge in [0.25, 0.3) is 5.91 Å². The zero-order valence-corrected chi connectivity index (χ0v) is 16.2. The molecule has 0 saturated carbocycles. The lowest BCUT2D eigenvalue weighted by molar-refractivity contribution is -0.114. The lowest BCUT2D eigenvalue weighted by atomic mass is 10.1. The molecule has 1 aliphatic heterocycles. The van der Waals surface area contributed by atoms with E-state index in [0.717, 1.165) is 22.0 Å². The molecule has 6 heteroatoms. The predicted octanol–water partition coefficient (Wildman–Crippen LogP) is 3.92. The van der Waals surface area contributed by atoms with Crippen LogP contribution in [0.4, 0.5) is 11.4 Å². The van der Waals surface area contributed by atoms with Crippen molar-refractivity contribution < 1.29 is 19.1 Å². The average Bonchev–Trinajstić information content (AvgIpc) is 2.98. The Labute approximate surface area is 168 Å². The Hall–Kier alpha value is -3.67. The average molecular weight is 388 g/mol. The first kappa shape index (κ1) is 18.7. The van der Waals surface area contributed by atoms with Gasteiger partial charge in [-0.2, -0.15) is 0 Å². The summed E-state index contributed by atoms with van der Waals surface area (Å²) < 4.78 is 5.01. The maximum Gasteiger partial charge on any atom is 0.338 e. The Morgan fingerprint density at radius 1 is 1.07 bits per heavy atom. The van der Waals surface area contributed by atoms with E-state index in [1.165, 1.54) is 4.90 Å². The Balaban J connectivity index is 1.56. The highest BCUT2D eigenvalue weighted by molar-refractivity contribution is 6.26. The van der Waals surface area contributed by atoms with Gasteiger partial charge in [-0.15, -0.1) is 0 Å². The molecule has 0 fully saturated rings. The molecule has 0 atom stereocenters. The number of hydrogen-bond donors (Lipinski definition) is 1. The van der Waals surface area contributed by atoms with E-state index in [4.69, 9.17) is 4.74 Å². The number of carbonyl (C=O) groups is 3. The van der Waals surface area contributed by atoms with E-state index >= 15 is 0 Å². The van der Waals surface area contributed by atoms with Crippen molar-refractivity contribution in [2.45, 2.75) is 13.8 Å². The van der Waals surface area contributed by atoms with Gasteiger partial charge in [-0.1, -0.05) is 30.3 Å². The number of carbonyl (C=O) groups excluding carboxylic acids is 3. The van der Waals surface area contributed by atoms with Crippen LogP contribution in [0.5, 0.6) is 0 Å². The minimum absolute atomic E-state index is 0.115. The van der Waals surface area contributed by atoms with E-state index in [0.29, 0.717) is 16.8 Å². The lowest BCUT2D eigenvalue weighted by Crippen LogP contribution is -2.35. The third-order valence-corrected chi connectivity index (χ3v) is 4.97. The number of anilines is 2. The molecular formula is C23H20N2O4. The van der Waals surface area contributed by atoms with Gasteiger partial charge in [0.1, 0.15) is 6.54 Å². The fourth-order valence-corrected chi connectivity index (χ4v) is 3.57. The van der Waals surface area contributed by atoms with E-state index in [-0.39, 0.29) is 25.0 Å². The van der Waals surface area contributed by atoms with Gasteiger partial charge < -0.3 is 10.1 Å². The minimum atomic E-state index is -0.445. The van der Waals surface area contributed by atoms with Gasteiger partial charge in [-0.05, 0) is 49.1 Å². The van der Waals surface area contributed by atoms with E-state index in [9.17, 15) is 14.4 Å². The standard InChI is InChI=1S/C23H20N2O4/c1-3-29-23(28)16-11-10-14(2)18(12-16)24-20(26)13-25-19-9-5-7-15-6-4-8-17(21(15)19)22(25)27/h4-12H,3,13H2,1-2H3,(H,24,26). The van der Waals surface area contributed by atoms with Crippen LogP contribution >= 0.6 is 0 Å². The van der Waals surface area contributed by atoms with Crippen molar-refractivity contribution in [2.75, 3.05) is 23.4 Å². The third-order valence-electron chi connectivity index (χ3n) is 4.97. The quantitative estimate of drug-likeness (QED) is 0.672. The number of ether oxygens (including phenoxy) is 1. The monoisotopic (exact) mass is 388 g/mol. The van der Waals surface area contributed by atoms with E-state index in [1.807, 2.05) is 37.3 Å². The molecule has 146 valence electrons. The molecule has 6 nitrogen and oxygen atoms in total. The van der Waals surface area contributed by atoms with Crippen molar-refractivity contribution in [2.24, 2.45) is 0 Å². The fraction of sp³-hybridized carbons (Fsp3) is 0.174. The summed E-state index contributed by atoms with van der Waals surface area (Å²) in [5.74, 6) is -0.976. The molecule has 3 aromatic carbocycles. The molecule has 2 amide bonds. The summed E-state index contributed by atoms with van der Waals surface area (Å²) in [6, 6.07) is 16.2. The molecule has 29 heavy (non-hydrogen) atoms. The van der Waals surface area contributed by atoms with Crippen LogP contribution in [0.1, 0.15) is 33.2 Å². The first-order chi connectivity index (χ1) is 14.0. The molecule has 0 aliphatic carbocycles. The topological polar surface area (TPSA) is 75.7 Å². The van der Waals surface area contributed by atoms with Gasteiger partial charge in [0.15, 0.2) is 0 Å². The summed E-state index contributed by atoms with van der Waals surface area (Å²) in [7, 11) is 0. The van der Waals surface area contributed by atoms with Crippen LogP contribution in [0, 0.1) is 6.92 Å². The van der Waals surface area contributed by atoms with Gasteiger partial charge in [0.05, 0.1) is 17.9 Å². The number of nitrogens with one attached hydrogen (secondary N) is 1. The lowest BCUT2D eigenvalue weighted by Gasteiger charge is -2.18. The van der Waals surface area contributed by atoms with Crippen molar-refractivity contribution in [3.8, 4) is 0 Å². The molecular weight excluding hydrogens is 368 g/mol. The fourth-order valence-electron chi connectivity index (χ4n) is 3.57. The largest absolute Gasteiger partial charge is 0.462 e. The van der Waals surface area contributed by atoms with Gasteiger partial charge in [-0.3, -0.25) is 14.5 Å². The van der Waals surface area contributed by atoms with Crippen LogP contribution in [0.15, 0.2) is 54.6 Å². The van der Waals surface area contributed by atoms with Crippen molar-refractivity contribution in [3.63, 3.8) is 0 Å². The SMILES string of the molecule is CCOC(=O)c1ccc(C)c(NC(=O)CN2C(=O)c3cccc4cccc2c34)c1. The number of hydrogen-bond acceptors (Lipinski definition) is 4. The zero-order valence-electron chi connectivity index (χ0n) is 16.2. The molecule has 0 bridgehead atoms. The molecule has 0 radical (unpaired) electrons. The second kappa shape index (κ2) is 7.39. The predicted molar refractivity (Wildman–Crippen MR) is 111 cm³/mol. The van der Waals surface area contributed by atoms with Gasteiger partial charge in [-0.25, -0.2) is 4.79 Å². The number of nitrogens with zero attached hydrogens (tertiary/aromatic N) is 1. The highest BCUT2D eigenvalue weighted by atomic mass is 16.5. The Morgan fingerprint density at radius 3 is 2.59 bits per heavy atom. The number of rotatable bonds is 5. The minimum Gasteiger partial charge on any atom is -0.462 e. The van der Waals surface area contributed by atoms with Crippen molar-refractivity contribution in [1.82, 2.24) is 0 Å². The molecule has 0 saturated heterocycles. The van der Waals surface area contributed by atoms with E-state index in [2.05, 4.69) is 5.32 Å². The zero-order chi connectivity index (χ0) is 20.5. The summed E-state index contributed by atoms with van der Waals surface area (Å²) >= 11 is 0. The second-order valence-corrected chi connectivity index (χ2v) is 6.87. The maximum atomic E-state index is 12.8. The smallest absolute Gasteiger partial charge is 0.338 e. The molecule has 0 spiro atoms. The first-order valence-corrected chi connectivity index (χ1v) is 9.41. The Kier molecular flexibility index (Phi) is 4.76. The highest BCUT2D eigenvalue weighted by Gasteiger charge is 2.30.